The van der Waals surface area contributed by atoms with Crippen LogP contribution in [0, 0.1) is 17.8 Å². The average Bonchev–Trinajstić information content (AvgIpc) is 3.61. The van der Waals surface area contributed by atoms with Gasteiger partial charge in [-0.15, -0.1) is 13.2 Å². The van der Waals surface area contributed by atoms with Crippen LogP contribution in [0.5, 0.6) is 5.75 Å². The Morgan fingerprint density at radius 1 is 1.14 bits per heavy atom. The maximum absolute atomic E-state index is 14.9. The molecule has 1 aromatic rings. The van der Waals surface area contributed by atoms with Crippen molar-refractivity contribution in [2.24, 2.45) is 17.8 Å². The van der Waals surface area contributed by atoms with E-state index in [0.717, 1.165) is 6.42 Å². The lowest BCUT2D eigenvalue weighted by Gasteiger charge is -2.40. The van der Waals surface area contributed by atoms with Gasteiger partial charge in [0.05, 0.1) is 37.2 Å². The van der Waals surface area contributed by atoms with Crippen molar-refractivity contribution in [3.8, 4) is 5.75 Å². The molecule has 1 aromatic carbocycles. The van der Waals surface area contributed by atoms with Gasteiger partial charge in [-0.2, -0.15) is 0 Å². The number of hydrogen-bond donors (Lipinski definition) is 1. The quantitative estimate of drug-likeness (QED) is 0.305. The molecule has 0 aromatic heterocycles. The van der Waals surface area contributed by atoms with E-state index in [-0.39, 0.29) is 36.8 Å². The Morgan fingerprint density at radius 2 is 1.81 bits per heavy atom. The van der Waals surface area contributed by atoms with Crippen molar-refractivity contribution in [3.05, 3.63) is 49.6 Å². The molecule has 2 unspecified atom stereocenters. The van der Waals surface area contributed by atoms with Gasteiger partial charge >= 0.3 is 0 Å². The summed E-state index contributed by atoms with van der Waals surface area (Å²) >= 11 is 0. The molecule has 3 saturated heterocycles. The second kappa shape index (κ2) is 13.2. The third kappa shape index (κ3) is 5.50. The number of likely N-dealkylation sites (tertiary alicyclic amines) is 1. The van der Waals surface area contributed by atoms with E-state index < -0.39 is 35.1 Å². The van der Waals surface area contributed by atoms with Crippen molar-refractivity contribution < 1.29 is 29.0 Å². The van der Waals surface area contributed by atoms with Crippen molar-refractivity contribution >= 4 is 23.4 Å². The van der Waals surface area contributed by atoms with Crippen molar-refractivity contribution in [1.29, 1.82) is 0 Å². The van der Waals surface area contributed by atoms with Gasteiger partial charge < -0.3 is 29.3 Å². The molecule has 1 N–H and O–H groups in total. The summed E-state index contributed by atoms with van der Waals surface area (Å²) in [5.41, 5.74) is -1.40. The molecule has 9 nitrogen and oxygen atoms in total. The second-order valence-electron chi connectivity index (χ2n) is 12.6. The standard InChI is InChI=1S/C34H49N3O6/c1-8-18-35(19-9-2)30(39)27-28-31(40)37(25(22-38)21-23(5)6)29(34(28)17-16-33(27,11-4)43-34)32(41)36(20-10-3)24-12-14-26(42-7)15-13-24/h8,10,12-15,23,25,27-29,38H,1,3,9,11,16-22H2,2,4-7H3/t25-,27+,28+,29?,33-,34?/m1/s1. The van der Waals surface area contributed by atoms with E-state index in [9.17, 15) is 19.5 Å². The van der Waals surface area contributed by atoms with E-state index in [1.54, 1.807) is 58.2 Å². The van der Waals surface area contributed by atoms with Crippen LogP contribution in [0.4, 0.5) is 5.69 Å². The molecule has 236 valence electrons. The van der Waals surface area contributed by atoms with Gasteiger partial charge in [0.15, 0.2) is 0 Å². The number of carbonyl (C=O) groups excluding carboxylic acids is 3. The van der Waals surface area contributed by atoms with Gasteiger partial charge in [0, 0.05) is 25.3 Å². The first kappa shape index (κ1) is 32.7. The van der Waals surface area contributed by atoms with Crippen LogP contribution in [-0.2, 0) is 19.1 Å². The SMILES string of the molecule is C=CCN(CCC)C(=O)[C@@H]1[C@H]2C(=O)N([C@@H](CO)CC(C)C)C(C(=O)N(CC=C)c3ccc(OC)cc3)C23CC[C@@]1(CC)O3. The second-order valence-corrected chi connectivity index (χ2v) is 12.6. The van der Waals surface area contributed by atoms with Crippen LogP contribution < -0.4 is 9.64 Å². The first-order valence-electron chi connectivity index (χ1n) is 15.7. The molecular weight excluding hydrogens is 546 g/mol. The molecule has 6 atom stereocenters. The first-order valence-corrected chi connectivity index (χ1v) is 15.7. The van der Waals surface area contributed by atoms with Crippen LogP contribution in [0.2, 0.25) is 0 Å². The molecular formula is C34H49N3O6. The van der Waals surface area contributed by atoms with E-state index >= 15 is 0 Å². The maximum Gasteiger partial charge on any atom is 0.253 e. The van der Waals surface area contributed by atoms with E-state index in [4.69, 9.17) is 9.47 Å². The summed E-state index contributed by atoms with van der Waals surface area (Å²) in [4.78, 5) is 48.9. The highest BCUT2D eigenvalue weighted by atomic mass is 16.5. The molecule has 4 rings (SSSR count). The lowest BCUT2D eigenvalue weighted by Crippen LogP contribution is -2.59. The van der Waals surface area contributed by atoms with E-state index in [0.29, 0.717) is 50.2 Å². The fraction of sp³-hybridized carbons (Fsp3) is 0.618. The van der Waals surface area contributed by atoms with Crippen molar-refractivity contribution in [3.63, 3.8) is 0 Å². The number of amides is 3. The smallest absolute Gasteiger partial charge is 0.253 e. The van der Waals surface area contributed by atoms with Gasteiger partial charge in [-0.1, -0.05) is 39.8 Å². The number of ether oxygens (including phenoxy) is 2. The summed E-state index contributed by atoms with van der Waals surface area (Å²) in [6, 6.07) is 5.57. The summed E-state index contributed by atoms with van der Waals surface area (Å²) in [7, 11) is 1.58. The van der Waals surface area contributed by atoms with Gasteiger partial charge in [0.25, 0.3) is 5.91 Å². The zero-order chi connectivity index (χ0) is 31.5. The van der Waals surface area contributed by atoms with Gasteiger partial charge in [-0.25, -0.2) is 0 Å². The number of methoxy groups -OCH3 is 1. The molecule has 3 heterocycles. The molecule has 43 heavy (non-hydrogen) atoms. The largest absolute Gasteiger partial charge is 0.497 e. The topological polar surface area (TPSA) is 99.6 Å². The molecule has 9 heteroatoms. The number of carbonyl (C=O) groups is 3. The highest BCUT2D eigenvalue weighted by molar-refractivity contribution is 6.05. The fourth-order valence-electron chi connectivity index (χ4n) is 7.80. The van der Waals surface area contributed by atoms with Gasteiger partial charge in [-0.3, -0.25) is 14.4 Å². The summed E-state index contributed by atoms with van der Waals surface area (Å²) in [5.74, 6) is -1.45. The Kier molecular flexibility index (Phi) is 10.1. The predicted octanol–water partition coefficient (Wildman–Crippen LogP) is 4.20. The highest BCUT2D eigenvalue weighted by Gasteiger charge is 2.79. The van der Waals surface area contributed by atoms with E-state index in [2.05, 4.69) is 13.2 Å². The minimum absolute atomic E-state index is 0.126. The van der Waals surface area contributed by atoms with Crippen LogP contribution >= 0.6 is 0 Å². The predicted molar refractivity (Wildman–Crippen MR) is 167 cm³/mol. The number of fused-ring (bicyclic) bond motifs is 1. The van der Waals surface area contributed by atoms with Crippen molar-refractivity contribution in [2.45, 2.75) is 83.1 Å². The minimum atomic E-state index is -1.19. The summed E-state index contributed by atoms with van der Waals surface area (Å²) in [6.07, 6.45) is 6.24. The monoisotopic (exact) mass is 595 g/mol. The van der Waals surface area contributed by atoms with Crippen molar-refractivity contribution in [1.82, 2.24) is 9.80 Å². The third-order valence-electron chi connectivity index (χ3n) is 9.58. The zero-order valence-corrected chi connectivity index (χ0v) is 26.5. The summed E-state index contributed by atoms with van der Waals surface area (Å²) in [6.45, 7) is 16.6. The number of benzene rings is 1. The molecule has 3 amide bonds. The van der Waals surface area contributed by atoms with Gasteiger partial charge in [-0.05, 0) is 62.3 Å². The lowest BCUT2D eigenvalue weighted by molar-refractivity contribution is -0.154. The number of anilines is 1. The number of hydrogen-bond acceptors (Lipinski definition) is 6. The maximum atomic E-state index is 14.9. The van der Waals surface area contributed by atoms with Crippen LogP contribution in [0.1, 0.15) is 59.8 Å². The average molecular weight is 596 g/mol. The Labute approximate surface area is 256 Å². The third-order valence-corrected chi connectivity index (χ3v) is 9.58. The Hall–Kier alpha value is -3.17. The van der Waals surface area contributed by atoms with Crippen LogP contribution in [0.25, 0.3) is 0 Å². The summed E-state index contributed by atoms with van der Waals surface area (Å²) in [5, 5.41) is 10.6. The Bertz CT molecular complexity index is 1200. The lowest BCUT2D eigenvalue weighted by atomic mass is 9.64. The normalized spacial score (nSPS) is 28.1. The molecule has 1 spiro atoms. The van der Waals surface area contributed by atoms with Crippen molar-refractivity contribution in [2.75, 3.05) is 38.3 Å². The molecule has 2 bridgehead atoms. The number of rotatable bonds is 15. The Morgan fingerprint density at radius 3 is 2.35 bits per heavy atom. The molecule has 3 fully saturated rings. The number of aliphatic hydroxyl groups excluding tert-OH is 1. The van der Waals surface area contributed by atoms with E-state index in [1.807, 2.05) is 27.7 Å². The zero-order valence-electron chi connectivity index (χ0n) is 26.5. The summed E-state index contributed by atoms with van der Waals surface area (Å²) < 4.78 is 12.3. The first-order chi connectivity index (χ1) is 20.6. The minimum Gasteiger partial charge on any atom is -0.497 e. The number of nitrogens with zero attached hydrogens (tertiary/aromatic N) is 3. The molecule has 0 saturated carbocycles. The van der Waals surface area contributed by atoms with Gasteiger partial charge in [0.1, 0.15) is 17.4 Å². The van der Waals surface area contributed by atoms with E-state index in [1.165, 1.54) is 0 Å². The fourth-order valence-corrected chi connectivity index (χ4v) is 7.80. The molecule has 3 aliphatic rings. The van der Waals surface area contributed by atoms with Crippen LogP contribution in [0.15, 0.2) is 49.6 Å². The Balaban J connectivity index is 1.87. The van der Waals surface area contributed by atoms with Gasteiger partial charge in [0.2, 0.25) is 11.8 Å². The van der Waals surface area contributed by atoms with Crippen LogP contribution in [0.3, 0.4) is 0 Å². The highest BCUT2D eigenvalue weighted by Crippen LogP contribution is 2.65. The van der Waals surface area contributed by atoms with Crippen LogP contribution in [-0.4, -0.2) is 89.3 Å². The number of aliphatic hydroxyl groups is 1. The molecule has 0 radical (unpaired) electrons. The molecule has 0 aliphatic carbocycles. The molecule has 3 aliphatic heterocycles.